The Morgan fingerprint density at radius 1 is 1.53 bits per heavy atom. The van der Waals surface area contributed by atoms with E-state index >= 15 is 0 Å². The molecule has 1 fully saturated rings. The van der Waals surface area contributed by atoms with Crippen LogP contribution >= 0.6 is 0 Å². The number of aliphatic carboxylic acids is 1. The number of amides is 1. The third-order valence-electron chi connectivity index (χ3n) is 3.37. The van der Waals surface area contributed by atoms with Crippen LogP contribution in [-0.4, -0.2) is 34.0 Å². The Labute approximate surface area is 90.3 Å². The molecule has 4 nitrogen and oxygen atoms in total. The van der Waals surface area contributed by atoms with Gasteiger partial charge in [0.05, 0.1) is 0 Å². The second-order valence-electron chi connectivity index (χ2n) is 5.05. The molecule has 1 aliphatic heterocycles. The van der Waals surface area contributed by atoms with E-state index in [1.807, 2.05) is 27.7 Å². The van der Waals surface area contributed by atoms with Gasteiger partial charge in [-0.2, -0.15) is 0 Å². The van der Waals surface area contributed by atoms with Crippen LogP contribution in [0.1, 0.15) is 40.5 Å². The zero-order valence-corrected chi connectivity index (χ0v) is 9.83. The lowest BCUT2D eigenvalue weighted by molar-refractivity contribution is -0.162. The van der Waals surface area contributed by atoms with Gasteiger partial charge >= 0.3 is 5.97 Å². The van der Waals surface area contributed by atoms with E-state index in [9.17, 15) is 14.7 Å². The Bertz CT molecular complexity index is 293. The van der Waals surface area contributed by atoms with E-state index in [0.717, 1.165) is 0 Å². The highest BCUT2D eigenvalue weighted by atomic mass is 16.4. The summed E-state index contributed by atoms with van der Waals surface area (Å²) in [7, 11) is 0. The molecule has 0 radical (unpaired) electrons. The van der Waals surface area contributed by atoms with E-state index in [2.05, 4.69) is 0 Å². The first-order valence-electron chi connectivity index (χ1n) is 5.31. The number of rotatable bonds is 2. The van der Waals surface area contributed by atoms with Crippen LogP contribution in [0.4, 0.5) is 0 Å². The van der Waals surface area contributed by atoms with Gasteiger partial charge in [0.15, 0.2) is 0 Å². The summed E-state index contributed by atoms with van der Waals surface area (Å²) in [6.45, 7) is 7.92. The van der Waals surface area contributed by atoms with Gasteiger partial charge in [-0.3, -0.25) is 4.79 Å². The number of carbonyl (C=O) groups excluding carboxylic acids is 1. The average molecular weight is 213 g/mol. The first-order chi connectivity index (χ1) is 6.77. The van der Waals surface area contributed by atoms with Crippen LogP contribution in [0.2, 0.25) is 0 Å². The molecule has 1 rings (SSSR count). The average Bonchev–Trinajstić information content (AvgIpc) is 2.41. The third-order valence-corrected chi connectivity index (χ3v) is 3.37. The van der Waals surface area contributed by atoms with Gasteiger partial charge in [-0.05, 0) is 18.8 Å². The zero-order valence-electron chi connectivity index (χ0n) is 9.83. The summed E-state index contributed by atoms with van der Waals surface area (Å²) in [5, 5.41) is 9.42. The minimum absolute atomic E-state index is 0.0465. The summed E-state index contributed by atoms with van der Waals surface area (Å²) in [6.07, 6.45) is 0.760. The number of carbonyl (C=O) groups is 2. The quantitative estimate of drug-likeness (QED) is 0.756. The fraction of sp³-hybridized carbons (Fsp3) is 0.818. The first kappa shape index (κ1) is 12.0. The van der Waals surface area contributed by atoms with Crippen molar-refractivity contribution >= 4 is 11.9 Å². The molecule has 1 aliphatic rings. The SMILES string of the molecule is CCN1C(=O)CC[C@]1(C(=O)O)C(C)(C)C. The van der Waals surface area contributed by atoms with Crippen molar-refractivity contribution in [2.45, 2.75) is 46.1 Å². The molecule has 0 bridgehead atoms. The van der Waals surface area contributed by atoms with Crippen molar-refractivity contribution in [1.82, 2.24) is 4.90 Å². The van der Waals surface area contributed by atoms with Gasteiger partial charge in [-0.1, -0.05) is 20.8 Å². The molecule has 4 heteroatoms. The number of carboxylic acids is 1. The third kappa shape index (κ3) is 1.52. The van der Waals surface area contributed by atoms with Gasteiger partial charge in [-0.15, -0.1) is 0 Å². The number of hydrogen-bond donors (Lipinski definition) is 1. The van der Waals surface area contributed by atoms with Crippen LogP contribution < -0.4 is 0 Å². The Balaban J connectivity index is 3.24. The minimum Gasteiger partial charge on any atom is -0.479 e. The highest BCUT2D eigenvalue weighted by molar-refractivity contribution is 5.91. The van der Waals surface area contributed by atoms with Crippen molar-refractivity contribution in [3.05, 3.63) is 0 Å². The first-order valence-corrected chi connectivity index (χ1v) is 5.31. The van der Waals surface area contributed by atoms with Crippen molar-refractivity contribution in [3.8, 4) is 0 Å². The fourth-order valence-corrected chi connectivity index (χ4v) is 2.54. The molecule has 0 aliphatic carbocycles. The lowest BCUT2D eigenvalue weighted by Gasteiger charge is -2.44. The molecule has 0 saturated carbocycles. The zero-order chi connectivity index (χ0) is 11.9. The smallest absolute Gasteiger partial charge is 0.330 e. The minimum atomic E-state index is -1.03. The van der Waals surface area contributed by atoms with Gasteiger partial charge in [0.25, 0.3) is 0 Å². The maximum Gasteiger partial charge on any atom is 0.330 e. The number of likely N-dealkylation sites (N-methyl/N-ethyl adjacent to an activating group) is 1. The highest BCUT2D eigenvalue weighted by Gasteiger charge is 2.57. The van der Waals surface area contributed by atoms with E-state index in [1.165, 1.54) is 4.90 Å². The van der Waals surface area contributed by atoms with E-state index in [-0.39, 0.29) is 5.91 Å². The van der Waals surface area contributed by atoms with Crippen LogP contribution in [0.5, 0.6) is 0 Å². The molecule has 1 N–H and O–H groups in total. The molecular weight excluding hydrogens is 194 g/mol. The topological polar surface area (TPSA) is 57.6 Å². The standard InChI is InChI=1S/C11H19NO3/c1-5-12-8(13)6-7-11(12,9(14)15)10(2,3)4/h5-7H2,1-4H3,(H,14,15)/t11-/m0/s1. The fourth-order valence-electron chi connectivity index (χ4n) is 2.54. The van der Waals surface area contributed by atoms with Gasteiger partial charge < -0.3 is 10.0 Å². The van der Waals surface area contributed by atoms with Crippen LogP contribution in [0.25, 0.3) is 0 Å². The number of carboxylic acid groups (broad SMARTS) is 1. The Morgan fingerprint density at radius 3 is 2.33 bits per heavy atom. The molecule has 15 heavy (non-hydrogen) atoms. The summed E-state index contributed by atoms with van der Waals surface area (Å²) in [5.41, 5.74) is -1.47. The van der Waals surface area contributed by atoms with Crippen LogP contribution in [0.15, 0.2) is 0 Å². The molecule has 0 aromatic carbocycles. The van der Waals surface area contributed by atoms with Crippen LogP contribution in [0.3, 0.4) is 0 Å². The number of likely N-dealkylation sites (tertiary alicyclic amines) is 1. The number of hydrogen-bond acceptors (Lipinski definition) is 2. The summed E-state index contributed by atoms with van der Waals surface area (Å²) in [6, 6.07) is 0. The predicted molar refractivity (Wildman–Crippen MR) is 56.4 cm³/mol. The molecule has 1 amide bonds. The number of nitrogens with zero attached hydrogens (tertiary/aromatic N) is 1. The van der Waals surface area contributed by atoms with E-state index in [1.54, 1.807) is 0 Å². The second kappa shape index (κ2) is 3.51. The summed E-state index contributed by atoms with van der Waals surface area (Å²) in [4.78, 5) is 24.6. The van der Waals surface area contributed by atoms with Gasteiger partial charge in [0.2, 0.25) is 5.91 Å². The summed E-state index contributed by atoms with van der Waals surface area (Å²) < 4.78 is 0. The van der Waals surface area contributed by atoms with E-state index in [0.29, 0.717) is 19.4 Å². The Kier molecular flexibility index (Phi) is 2.81. The molecule has 1 atom stereocenters. The lowest BCUT2D eigenvalue weighted by Crippen LogP contribution is -2.59. The van der Waals surface area contributed by atoms with Gasteiger partial charge in [0.1, 0.15) is 5.54 Å². The summed E-state index contributed by atoms with van der Waals surface area (Å²) in [5.74, 6) is -0.933. The predicted octanol–water partition coefficient (Wildman–Crippen LogP) is 1.50. The van der Waals surface area contributed by atoms with Crippen molar-refractivity contribution < 1.29 is 14.7 Å². The van der Waals surface area contributed by atoms with Crippen molar-refractivity contribution in [2.75, 3.05) is 6.54 Å². The molecule has 86 valence electrons. The molecule has 0 aromatic heterocycles. The van der Waals surface area contributed by atoms with Crippen molar-refractivity contribution in [2.24, 2.45) is 5.41 Å². The maximum atomic E-state index is 11.6. The lowest BCUT2D eigenvalue weighted by atomic mass is 9.71. The Hall–Kier alpha value is -1.06. The maximum absolute atomic E-state index is 11.6. The largest absolute Gasteiger partial charge is 0.479 e. The highest BCUT2D eigenvalue weighted by Crippen LogP contribution is 2.44. The van der Waals surface area contributed by atoms with Crippen molar-refractivity contribution in [3.63, 3.8) is 0 Å². The molecule has 1 heterocycles. The van der Waals surface area contributed by atoms with Gasteiger partial charge in [-0.25, -0.2) is 4.79 Å². The van der Waals surface area contributed by atoms with E-state index < -0.39 is 16.9 Å². The monoisotopic (exact) mass is 213 g/mol. The molecule has 0 spiro atoms. The molecule has 0 unspecified atom stereocenters. The normalized spacial score (nSPS) is 27.2. The second-order valence-corrected chi connectivity index (χ2v) is 5.05. The van der Waals surface area contributed by atoms with Gasteiger partial charge in [0, 0.05) is 13.0 Å². The van der Waals surface area contributed by atoms with E-state index in [4.69, 9.17) is 0 Å². The van der Waals surface area contributed by atoms with Crippen LogP contribution in [0, 0.1) is 5.41 Å². The molecule has 0 aromatic rings. The summed E-state index contributed by atoms with van der Waals surface area (Å²) >= 11 is 0. The van der Waals surface area contributed by atoms with Crippen molar-refractivity contribution in [1.29, 1.82) is 0 Å². The Morgan fingerprint density at radius 2 is 2.07 bits per heavy atom. The molecule has 1 saturated heterocycles. The molecular formula is C11H19NO3. The van der Waals surface area contributed by atoms with Crippen LogP contribution in [-0.2, 0) is 9.59 Å².